The summed E-state index contributed by atoms with van der Waals surface area (Å²) in [5.74, 6) is -2.49. The number of esters is 3. The average molecular weight is 434 g/mol. The van der Waals surface area contributed by atoms with Crippen LogP contribution >= 0.6 is 0 Å². The minimum Gasteiger partial charge on any atom is -0.462 e. The number of nitrogens with two attached hydrogens (primary N) is 1. The zero-order valence-electron chi connectivity index (χ0n) is 17.6. The van der Waals surface area contributed by atoms with Gasteiger partial charge in [0.15, 0.2) is 5.41 Å². The summed E-state index contributed by atoms with van der Waals surface area (Å²) in [5, 5.41) is 2.93. The van der Waals surface area contributed by atoms with Crippen molar-refractivity contribution in [2.45, 2.75) is 25.9 Å². The van der Waals surface area contributed by atoms with E-state index in [-0.39, 0.29) is 35.9 Å². The second kappa shape index (κ2) is 8.22. The minimum atomic E-state index is -1.91. The monoisotopic (exact) mass is 434 g/mol. The number of nitrogens with one attached hydrogen (secondary N) is 1. The van der Waals surface area contributed by atoms with Gasteiger partial charge in [-0.05, 0) is 25.5 Å². The molecule has 3 N–H and O–H groups in total. The molecule has 8 heteroatoms. The Labute approximate surface area is 184 Å². The average Bonchev–Trinajstić information content (AvgIpc) is 3.03. The third-order valence-corrected chi connectivity index (χ3v) is 5.42. The number of para-hydroxylation sites is 1. The summed E-state index contributed by atoms with van der Waals surface area (Å²) < 4.78 is 16.1. The molecule has 32 heavy (non-hydrogen) atoms. The molecule has 4 rings (SSSR count). The molecule has 1 unspecified atom stereocenters. The molecule has 0 bridgehead atoms. The quantitative estimate of drug-likeness (QED) is 0.545. The van der Waals surface area contributed by atoms with Gasteiger partial charge < -0.3 is 25.3 Å². The van der Waals surface area contributed by atoms with E-state index in [9.17, 15) is 14.4 Å². The van der Waals surface area contributed by atoms with E-state index in [2.05, 4.69) is 5.32 Å². The van der Waals surface area contributed by atoms with Crippen molar-refractivity contribution in [3.05, 3.63) is 88.5 Å². The van der Waals surface area contributed by atoms with Crippen LogP contribution in [0.1, 0.15) is 25.0 Å². The van der Waals surface area contributed by atoms with Crippen molar-refractivity contribution < 1.29 is 28.6 Å². The number of carbonyl (C=O) groups is 3. The predicted octanol–water partition coefficient (Wildman–Crippen LogP) is 2.66. The summed E-state index contributed by atoms with van der Waals surface area (Å²) in [6.45, 7) is 3.15. The number of hydrogen-bond donors (Lipinski definition) is 2. The Morgan fingerprint density at radius 1 is 1.00 bits per heavy atom. The van der Waals surface area contributed by atoms with Gasteiger partial charge in [-0.1, -0.05) is 48.5 Å². The van der Waals surface area contributed by atoms with Crippen LogP contribution in [0.3, 0.4) is 0 Å². The number of carbonyl (C=O) groups excluding carboxylic acids is 3. The van der Waals surface area contributed by atoms with Gasteiger partial charge in [0.05, 0.1) is 6.61 Å². The van der Waals surface area contributed by atoms with Crippen LogP contribution in [0.5, 0.6) is 0 Å². The number of rotatable bonds is 5. The summed E-state index contributed by atoms with van der Waals surface area (Å²) in [4.78, 5) is 39.7. The lowest BCUT2D eigenvalue weighted by molar-refractivity contribution is -0.147. The fraction of sp³-hybridized carbons (Fsp3) is 0.208. The molecule has 0 amide bonds. The largest absolute Gasteiger partial charge is 0.462 e. The van der Waals surface area contributed by atoms with E-state index in [1.54, 1.807) is 31.2 Å². The van der Waals surface area contributed by atoms with Crippen molar-refractivity contribution in [2.75, 3.05) is 11.9 Å². The Balaban J connectivity index is 1.86. The highest BCUT2D eigenvalue weighted by atomic mass is 16.6. The van der Waals surface area contributed by atoms with Gasteiger partial charge in [-0.25, -0.2) is 14.4 Å². The summed E-state index contributed by atoms with van der Waals surface area (Å²) in [6, 6.07) is 15.9. The third-order valence-electron chi connectivity index (χ3n) is 5.42. The predicted molar refractivity (Wildman–Crippen MR) is 115 cm³/mol. The van der Waals surface area contributed by atoms with Gasteiger partial charge >= 0.3 is 17.9 Å². The van der Waals surface area contributed by atoms with Gasteiger partial charge in [-0.3, -0.25) is 0 Å². The maximum Gasteiger partial charge on any atom is 0.339 e. The first-order chi connectivity index (χ1) is 15.4. The van der Waals surface area contributed by atoms with Gasteiger partial charge in [-0.15, -0.1) is 0 Å². The summed E-state index contributed by atoms with van der Waals surface area (Å²) in [6.07, 6.45) is 0. The van der Waals surface area contributed by atoms with Crippen molar-refractivity contribution in [1.82, 2.24) is 0 Å². The maximum absolute atomic E-state index is 13.4. The summed E-state index contributed by atoms with van der Waals surface area (Å²) >= 11 is 0. The Kier molecular flexibility index (Phi) is 5.44. The first kappa shape index (κ1) is 21.2. The number of allylic oxidation sites excluding steroid dienone is 1. The number of ether oxygens (including phenoxy) is 3. The van der Waals surface area contributed by atoms with E-state index >= 15 is 0 Å². The Morgan fingerprint density at radius 3 is 2.38 bits per heavy atom. The normalized spacial score (nSPS) is 19.4. The molecule has 2 aliphatic rings. The van der Waals surface area contributed by atoms with Crippen LogP contribution in [-0.2, 0) is 40.6 Å². The fourth-order valence-corrected chi connectivity index (χ4v) is 4.13. The summed E-state index contributed by atoms with van der Waals surface area (Å²) in [5.41, 5.74) is 5.58. The Hall–Kier alpha value is -4.07. The van der Waals surface area contributed by atoms with Crippen LogP contribution in [0.25, 0.3) is 0 Å². The van der Waals surface area contributed by atoms with Gasteiger partial charge in [0.1, 0.15) is 29.3 Å². The van der Waals surface area contributed by atoms with Crippen LogP contribution < -0.4 is 11.1 Å². The minimum absolute atomic E-state index is 0.0193. The number of cyclic esters (lactones) is 1. The van der Waals surface area contributed by atoms with E-state index < -0.39 is 23.3 Å². The zero-order chi connectivity index (χ0) is 22.9. The highest BCUT2D eigenvalue weighted by molar-refractivity contribution is 6.15. The maximum atomic E-state index is 13.4. The van der Waals surface area contributed by atoms with Gasteiger partial charge in [0.2, 0.25) is 0 Å². The van der Waals surface area contributed by atoms with Crippen LogP contribution in [0.4, 0.5) is 5.69 Å². The second-order valence-electron chi connectivity index (χ2n) is 7.31. The molecule has 2 aliphatic heterocycles. The molecule has 0 saturated carbocycles. The van der Waals surface area contributed by atoms with Crippen molar-refractivity contribution >= 4 is 23.6 Å². The fourth-order valence-electron chi connectivity index (χ4n) is 4.13. The Morgan fingerprint density at radius 2 is 1.66 bits per heavy atom. The molecule has 0 aromatic heterocycles. The Bertz CT molecular complexity index is 1170. The lowest BCUT2D eigenvalue weighted by Gasteiger charge is -2.35. The molecule has 1 spiro atoms. The summed E-state index contributed by atoms with van der Waals surface area (Å²) in [7, 11) is 0. The molecule has 0 radical (unpaired) electrons. The lowest BCUT2D eigenvalue weighted by atomic mass is 9.67. The van der Waals surface area contributed by atoms with E-state index in [1.807, 2.05) is 30.3 Å². The smallest absolute Gasteiger partial charge is 0.339 e. The third kappa shape index (κ3) is 3.20. The van der Waals surface area contributed by atoms with Crippen LogP contribution in [0.15, 0.2) is 77.3 Å². The molecule has 2 heterocycles. The zero-order valence-corrected chi connectivity index (χ0v) is 17.6. The van der Waals surface area contributed by atoms with Gasteiger partial charge in [-0.2, -0.15) is 0 Å². The molecule has 1 atom stereocenters. The molecule has 0 saturated heterocycles. The second-order valence-corrected chi connectivity index (χ2v) is 7.31. The number of benzene rings is 2. The van der Waals surface area contributed by atoms with Crippen molar-refractivity contribution in [1.29, 1.82) is 0 Å². The SMILES string of the molecule is CCOC(=O)C1=C(N)Nc2ccccc2C12C(=O)OC(C)=C2C(=O)OCc1ccccc1. The van der Waals surface area contributed by atoms with Crippen molar-refractivity contribution in [2.24, 2.45) is 5.73 Å². The lowest BCUT2D eigenvalue weighted by Crippen LogP contribution is -2.47. The first-order valence-electron chi connectivity index (χ1n) is 10.1. The number of anilines is 1. The standard InChI is InChI=1S/C24H22N2O6/c1-3-30-22(28)19-20(25)26-17-12-8-7-11-16(17)24(19)18(14(2)32-23(24)29)21(27)31-13-15-9-5-4-6-10-15/h4-12,26H,3,13,25H2,1-2H3. The highest BCUT2D eigenvalue weighted by Gasteiger charge is 2.62. The number of fused-ring (bicyclic) bond motifs is 2. The van der Waals surface area contributed by atoms with E-state index in [1.165, 1.54) is 6.92 Å². The van der Waals surface area contributed by atoms with Gasteiger partial charge in [0, 0.05) is 11.3 Å². The van der Waals surface area contributed by atoms with Crippen molar-refractivity contribution in [3.63, 3.8) is 0 Å². The van der Waals surface area contributed by atoms with E-state index in [0.717, 1.165) is 5.56 Å². The molecule has 0 fully saturated rings. The molecule has 8 nitrogen and oxygen atoms in total. The van der Waals surface area contributed by atoms with Crippen LogP contribution in [0, 0.1) is 0 Å². The van der Waals surface area contributed by atoms with E-state index in [0.29, 0.717) is 11.3 Å². The van der Waals surface area contributed by atoms with Crippen molar-refractivity contribution in [3.8, 4) is 0 Å². The van der Waals surface area contributed by atoms with Gasteiger partial charge in [0.25, 0.3) is 0 Å². The molecular weight excluding hydrogens is 412 g/mol. The topological polar surface area (TPSA) is 117 Å². The van der Waals surface area contributed by atoms with Crippen LogP contribution in [0.2, 0.25) is 0 Å². The highest BCUT2D eigenvalue weighted by Crippen LogP contribution is 2.52. The molecule has 2 aromatic carbocycles. The molecular formula is C24H22N2O6. The molecule has 2 aromatic rings. The van der Waals surface area contributed by atoms with E-state index in [4.69, 9.17) is 19.9 Å². The molecule has 164 valence electrons. The first-order valence-corrected chi connectivity index (χ1v) is 10.1. The molecule has 0 aliphatic carbocycles. The van der Waals surface area contributed by atoms with Crippen LogP contribution in [-0.4, -0.2) is 24.5 Å². The number of hydrogen-bond acceptors (Lipinski definition) is 8.